The van der Waals surface area contributed by atoms with Crippen molar-refractivity contribution in [1.82, 2.24) is 19.9 Å². The van der Waals surface area contributed by atoms with Gasteiger partial charge in [-0.05, 0) is 19.1 Å². The number of fused-ring (bicyclic) bond motifs is 1. The predicted molar refractivity (Wildman–Crippen MR) is 103 cm³/mol. The van der Waals surface area contributed by atoms with E-state index in [1.54, 1.807) is 5.38 Å². The van der Waals surface area contributed by atoms with Crippen molar-refractivity contribution in [3.05, 3.63) is 45.2 Å². The van der Waals surface area contributed by atoms with E-state index in [-0.39, 0.29) is 28.8 Å². The zero-order chi connectivity index (χ0) is 22.5. The average molecular weight is 463 g/mol. The first-order chi connectivity index (χ1) is 15.3. The number of benzene rings is 1. The number of nitrogens with one attached hydrogen (secondary N) is 1. The number of anilines is 1. The molecule has 5 rings (SSSR count). The lowest BCUT2D eigenvalue weighted by Crippen LogP contribution is -2.26. The molecule has 3 aromatic heterocycles. The number of amides is 1. The van der Waals surface area contributed by atoms with Gasteiger partial charge in [-0.1, -0.05) is 5.16 Å². The third-order valence-electron chi connectivity index (χ3n) is 4.19. The Morgan fingerprint density at radius 1 is 1.22 bits per heavy atom. The Kier molecular flexibility index (Phi) is 4.51. The molecule has 0 unspecified atom stereocenters. The Morgan fingerprint density at radius 3 is 2.81 bits per heavy atom. The SMILES string of the molecule is Cc1nc(-c2cc(-c3nn(CC(=O)Nc4ccc5c(c4)OC(F)(F)O5)c(=O)o3)no2)cs1. The van der Waals surface area contributed by atoms with Crippen molar-refractivity contribution in [1.29, 1.82) is 0 Å². The van der Waals surface area contributed by atoms with E-state index in [2.05, 4.69) is 30.0 Å². The fourth-order valence-corrected chi connectivity index (χ4v) is 3.45. The molecule has 1 amide bonds. The van der Waals surface area contributed by atoms with Gasteiger partial charge in [0, 0.05) is 23.2 Å². The van der Waals surface area contributed by atoms with Crippen LogP contribution in [0.4, 0.5) is 14.5 Å². The van der Waals surface area contributed by atoms with Crippen molar-refractivity contribution >= 4 is 22.9 Å². The van der Waals surface area contributed by atoms with Crippen LogP contribution in [-0.4, -0.2) is 32.1 Å². The molecule has 1 N–H and O–H groups in total. The van der Waals surface area contributed by atoms with Gasteiger partial charge < -0.3 is 23.7 Å². The number of hydrogen-bond acceptors (Lipinski definition) is 10. The van der Waals surface area contributed by atoms with E-state index in [1.807, 2.05) is 6.92 Å². The highest BCUT2D eigenvalue weighted by molar-refractivity contribution is 7.09. The van der Waals surface area contributed by atoms with Gasteiger partial charge in [0.1, 0.15) is 12.2 Å². The van der Waals surface area contributed by atoms with Gasteiger partial charge in [-0.2, -0.15) is 4.68 Å². The smallest absolute Gasteiger partial charge is 0.395 e. The van der Waals surface area contributed by atoms with Crippen LogP contribution in [0.3, 0.4) is 0 Å². The standard InChI is InChI=1S/C18H11F2N5O6S/c1-8-21-11(7-32-8)13-5-10(24-31-13)16-23-25(17(27)28-16)6-15(26)22-9-2-3-12-14(4-9)30-18(19,20)29-12/h2-5,7H,6H2,1H3,(H,22,26). The number of ether oxygens (including phenoxy) is 2. The molecule has 1 aromatic carbocycles. The van der Waals surface area contributed by atoms with Gasteiger partial charge >= 0.3 is 12.1 Å². The minimum absolute atomic E-state index is 0.143. The summed E-state index contributed by atoms with van der Waals surface area (Å²) in [5.41, 5.74) is 0.888. The summed E-state index contributed by atoms with van der Waals surface area (Å²) in [6, 6.07) is 5.24. The molecular formula is C18H11F2N5O6S. The summed E-state index contributed by atoms with van der Waals surface area (Å²) in [6.07, 6.45) is -3.77. The highest BCUT2D eigenvalue weighted by Crippen LogP contribution is 2.42. The Morgan fingerprint density at radius 2 is 2.03 bits per heavy atom. The number of alkyl halides is 2. The molecule has 1 aliphatic heterocycles. The lowest BCUT2D eigenvalue weighted by molar-refractivity contribution is -0.286. The molecule has 0 fully saturated rings. The molecule has 32 heavy (non-hydrogen) atoms. The molecule has 4 aromatic rings. The summed E-state index contributed by atoms with van der Waals surface area (Å²) < 4.78 is 45.9. The van der Waals surface area contributed by atoms with Crippen LogP contribution in [0.15, 0.2) is 43.4 Å². The quantitative estimate of drug-likeness (QED) is 0.474. The largest absolute Gasteiger partial charge is 0.586 e. The maximum Gasteiger partial charge on any atom is 0.586 e. The summed E-state index contributed by atoms with van der Waals surface area (Å²) in [4.78, 5) is 28.6. The van der Waals surface area contributed by atoms with Gasteiger partial charge in [0.15, 0.2) is 23.0 Å². The van der Waals surface area contributed by atoms with Gasteiger partial charge in [-0.25, -0.2) is 9.78 Å². The summed E-state index contributed by atoms with van der Waals surface area (Å²) in [5.74, 6) is -1.72. The molecule has 4 heterocycles. The average Bonchev–Trinajstić information content (AvgIpc) is 3.47. The van der Waals surface area contributed by atoms with Crippen LogP contribution in [0, 0.1) is 6.92 Å². The molecule has 0 radical (unpaired) electrons. The van der Waals surface area contributed by atoms with Crippen LogP contribution >= 0.6 is 11.3 Å². The molecule has 1 aliphatic rings. The lowest BCUT2D eigenvalue weighted by Gasteiger charge is -2.05. The van der Waals surface area contributed by atoms with Crippen molar-refractivity contribution in [2.75, 3.05) is 5.32 Å². The summed E-state index contributed by atoms with van der Waals surface area (Å²) in [7, 11) is 0. The van der Waals surface area contributed by atoms with Gasteiger partial charge in [0.2, 0.25) is 5.91 Å². The van der Waals surface area contributed by atoms with Crippen LogP contribution < -0.4 is 20.5 Å². The third kappa shape index (κ3) is 3.82. The number of nitrogens with zero attached hydrogens (tertiary/aromatic N) is 4. The van der Waals surface area contributed by atoms with Crippen molar-refractivity contribution in [3.63, 3.8) is 0 Å². The van der Waals surface area contributed by atoms with Gasteiger partial charge in [0.25, 0.3) is 5.89 Å². The molecule has 164 valence electrons. The molecule has 0 saturated heterocycles. The number of rotatable bonds is 5. The minimum Gasteiger partial charge on any atom is -0.395 e. The molecule has 0 spiro atoms. The molecule has 0 saturated carbocycles. The van der Waals surface area contributed by atoms with Crippen LogP contribution in [0.5, 0.6) is 11.5 Å². The van der Waals surface area contributed by atoms with Crippen molar-refractivity contribution in [2.24, 2.45) is 0 Å². The maximum atomic E-state index is 13.1. The molecule has 14 heteroatoms. The number of hydrogen-bond donors (Lipinski definition) is 1. The summed E-state index contributed by atoms with van der Waals surface area (Å²) >= 11 is 1.44. The summed E-state index contributed by atoms with van der Waals surface area (Å²) in [6.45, 7) is 1.35. The Labute approximate surface area is 180 Å². The third-order valence-corrected chi connectivity index (χ3v) is 4.96. The van der Waals surface area contributed by atoms with E-state index in [9.17, 15) is 18.4 Å². The fourth-order valence-electron chi connectivity index (χ4n) is 2.85. The van der Waals surface area contributed by atoms with E-state index in [0.29, 0.717) is 11.5 Å². The number of thiazole rings is 1. The highest BCUT2D eigenvalue weighted by Gasteiger charge is 2.43. The summed E-state index contributed by atoms with van der Waals surface area (Å²) in [5, 5.41) is 12.8. The number of carbonyl (C=O) groups is 1. The maximum absolute atomic E-state index is 13.1. The number of aromatic nitrogens is 4. The van der Waals surface area contributed by atoms with E-state index >= 15 is 0 Å². The zero-order valence-corrected chi connectivity index (χ0v) is 16.8. The van der Waals surface area contributed by atoms with Gasteiger partial charge in [-0.15, -0.1) is 25.2 Å². The fraction of sp³-hybridized carbons (Fsp3) is 0.167. The Bertz CT molecular complexity index is 1390. The predicted octanol–water partition coefficient (Wildman–Crippen LogP) is 2.88. The van der Waals surface area contributed by atoms with E-state index in [1.165, 1.54) is 35.6 Å². The van der Waals surface area contributed by atoms with Crippen molar-refractivity contribution < 1.29 is 32.0 Å². The molecular weight excluding hydrogens is 452 g/mol. The number of carbonyl (C=O) groups excluding carboxylic acids is 1. The Hall–Kier alpha value is -4.07. The lowest BCUT2D eigenvalue weighted by atomic mass is 10.3. The minimum atomic E-state index is -3.77. The second-order valence-electron chi connectivity index (χ2n) is 6.54. The van der Waals surface area contributed by atoms with Crippen LogP contribution in [0.25, 0.3) is 23.0 Å². The molecule has 0 aliphatic carbocycles. The van der Waals surface area contributed by atoms with Crippen LogP contribution in [-0.2, 0) is 11.3 Å². The van der Waals surface area contributed by atoms with Crippen molar-refractivity contribution in [2.45, 2.75) is 19.8 Å². The van der Waals surface area contributed by atoms with Crippen LogP contribution in [0.1, 0.15) is 5.01 Å². The first kappa shape index (κ1) is 19.9. The first-order valence-corrected chi connectivity index (χ1v) is 9.81. The second-order valence-corrected chi connectivity index (χ2v) is 7.60. The molecule has 0 atom stereocenters. The van der Waals surface area contributed by atoms with Crippen LogP contribution in [0.2, 0.25) is 0 Å². The van der Waals surface area contributed by atoms with Gasteiger partial charge in [-0.3, -0.25) is 4.79 Å². The Balaban J connectivity index is 1.29. The topological polar surface area (TPSA) is 135 Å². The van der Waals surface area contributed by atoms with E-state index in [0.717, 1.165) is 9.69 Å². The number of aryl methyl sites for hydroxylation is 1. The molecule has 11 nitrogen and oxygen atoms in total. The highest BCUT2D eigenvalue weighted by atomic mass is 32.1. The molecule has 0 bridgehead atoms. The van der Waals surface area contributed by atoms with E-state index < -0.39 is 24.5 Å². The van der Waals surface area contributed by atoms with Gasteiger partial charge in [0.05, 0.1) is 5.01 Å². The van der Waals surface area contributed by atoms with E-state index in [4.69, 9.17) is 8.94 Å². The first-order valence-electron chi connectivity index (χ1n) is 8.93. The zero-order valence-electron chi connectivity index (χ0n) is 16.0. The van der Waals surface area contributed by atoms with Crippen molar-refractivity contribution in [3.8, 4) is 34.5 Å². The normalized spacial score (nSPS) is 14.0. The number of halogens is 2. The monoisotopic (exact) mass is 463 g/mol. The second kappa shape index (κ2) is 7.26.